The van der Waals surface area contributed by atoms with Crippen molar-refractivity contribution in [2.75, 3.05) is 0 Å². The van der Waals surface area contributed by atoms with E-state index < -0.39 is 0 Å². The maximum Gasteiger partial charge on any atom is 0.223 e. The summed E-state index contributed by atoms with van der Waals surface area (Å²) in [4.78, 5) is 4.07. The topological polar surface area (TPSA) is 74.2 Å². The molecule has 0 spiro atoms. The lowest BCUT2D eigenvalue weighted by Crippen LogP contribution is -2.21. The van der Waals surface area contributed by atoms with Crippen LogP contribution in [-0.4, -0.2) is 16.2 Å². The van der Waals surface area contributed by atoms with Crippen molar-refractivity contribution in [3.8, 4) is 5.75 Å². The van der Waals surface area contributed by atoms with Crippen molar-refractivity contribution in [3.05, 3.63) is 41.5 Å². The van der Waals surface area contributed by atoms with Gasteiger partial charge >= 0.3 is 0 Å². The Bertz CT molecular complexity index is 508. The zero-order valence-electron chi connectivity index (χ0n) is 11.3. The molecule has 0 saturated carbocycles. The molecule has 5 heteroatoms. The van der Waals surface area contributed by atoms with Crippen LogP contribution in [0.1, 0.15) is 30.6 Å². The van der Waals surface area contributed by atoms with Gasteiger partial charge in [0.2, 0.25) is 11.7 Å². The standard InChI is InChI=1S/C14H19N3O2/c1-3-12(15)8-11-4-6-13(7-5-11)18-9-14-16-10(2)19-17-14/h4-7,12H,3,8-9,15H2,1-2H3. The van der Waals surface area contributed by atoms with Crippen molar-refractivity contribution in [2.24, 2.45) is 5.73 Å². The van der Waals surface area contributed by atoms with Crippen molar-refractivity contribution in [3.63, 3.8) is 0 Å². The van der Waals surface area contributed by atoms with Gasteiger partial charge in [-0.05, 0) is 30.5 Å². The summed E-state index contributed by atoms with van der Waals surface area (Å²) in [5, 5.41) is 3.77. The Morgan fingerprint density at radius 3 is 2.63 bits per heavy atom. The zero-order chi connectivity index (χ0) is 13.7. The molecule has 0 aliphatic carbocycles. The van der Waals surface area contributed by atoms with Crippen molar-refractivity contribution in [2.45, 2.75) is 39.3 Å². The molecule has 0 aliphatic heterocycles. The van der Waals surface area contributed by atoms with Gasteiger partial charge in [-0.2, -0.15) is 4.98 Å². The van der Waals surface area contributed by atoms with Gasteiger partial charge < -0.3 is 15.0 Å². The average molecular weight is 261 g/mol. The highest BCUT2D eigenvalue weighted by molar-refractivity contribution is 5.27. The predicted molar refractivity (Wildman–Crippen MR) is 71.8 cm³/mol. The minimum absolute atomic E-state index is 0.217. The first kappa shape index (κ1) is 13.5. The van der Waals surface area contributed by atoms with Crippen LogP contribution < -0.4 is 10.5 Å². The Balaban J connectivity index is 1.88. The highest BCUT2D eigenvalue weighted by Gasteiger charge is 2.04. The zero-order valence-corrected chi connectivity index (χ0v) is 11.3. The fraction of sp³-hybridized carbons (Fsp3) is 0.429. The van der Waals surface area contributed by atoms with Crippen LogP contribution >= 0.6 is 0 Å². The largest absolute Gasteiger partial charge is 0.485 e. The van der Waals surface area contributed by atoms with E-state index in [0.29, 0.717) is 18.3 Å². The summed E-state index contributed by atoms with van der Waals surface area (Å²) < 4.78 is 10.4. The van der Waals surface area contributed by atoms with E-state index in [1.54, 1.807) is 6.92 Å². The smallest absolute Gasteiger partial charge is 0.223 e. The normalized spacial score (nSPS) is 12.4. The van der Waals surface area contributed by atoms with Crippen molar-refractivity contribution in [1.82, 2.24) is 10.1 Å². The lowest BCUT2D eigenvalue weighted by molar-refractivity contribution is 0.285. The third kappa shape index (κ3) is 4.06. The molecule has 1 aromatic carbocycles. The van der Waals surface area contributed by atoms with Gasteiger partial charge in [0, 0.05) is 13.0 Å². The molecule has 2 N–H and O–H groups in total. The molecule has 1 aromatic heterocycles. The predicted octanol–water partition coefficient (Wildman–Crippen LogP) is 2.24. The molecule has 0 bridgehead atoms. The van der Waals surface area contributed by atoms with Crippen molar-refractivity contribution >= 4 is 0 Å². The van der Waals surface area contributed by atoms with Crippen LogP contribution in [0.2, 0.25) is 0 Å². The fourth-order valence-corrected chi connectivity index (χ4v) is 1.72. The molecule has 2 rings (SSSR count). The molecular weight excluding hydrogens is 242 g/mol. The molecule has 0 saturated heterocycles. The van der Waals surface area contributed by atoms with Gasteiger partial charge in [0.05, 0.1) is 0 Å². The van der Waals surface area contributed by atoms with Crippen LogP contribution in [0, 0.1) is 6.92 Å². The first-order valence-corrected chi connectivity index (χ1v) is 6.44. The second-order valence-corrected chi connectivity index (χ2v) is 4.53. The first-order chi connectivity index (χ1) is 9.17. The van der Waals surface area contributed by atoms with Crippen LogP contribution in [0.3, 0.4) is 0 Å². The van der Waals surface area contributed by atoms with Crippen LogP contribution in [0.4, 0.5) is 0 Å². The number of ether oxygens (including phenoxy) is 1. The highest BCUT2D eigenvalue weighted by atomic mass is 16.5. The van der Waals surface area contributed by atoms with Crippen molar-refractivity contribution < 1.29 is 9.26 Å². The Morgan fingerprint density at radius 1 is 1.32 bits per heavy atom. The molecular formula is C14H19N3O2. The van der Waals surface area contributed by atoms with E-state index in [-0.39, 0.29) is 6.04 Å². The summed E-state index contributed by atoms with van der Waals surface area (Å²) in [6, 6.07) is 8.16. The van der Waals surface area contributed by atoms with E-state index in [1.165, 1.54) is 5.56 Å². The van der Waals surface area contributed by atoms with Gasteiger partial charge in [-0.15, -0.1) is 0 Å². The molecule has 1 atom stereocenters. The Labute approximate surface area is 112 Å². The highest BCUT2D eigenvalue weighted by Crippen LogP contribution is 2.14. The van der Waals surface area contributed by atoms with Gasteiger partial charge in [0.1, 0.15) is 5.75 Å². The summed E-state index contributed by atoms with van der Waals surface area (Å²) in [6.07, 6.45) is 1.87. The maximum atomic E-state index is 5.92. The summed E-state index contributed by atoms with van der Waals surface area (Å²) in [7, 11) is 0. The molecule has 5 nitrogen and oxygen atoms in total. The van der Waals surface area contributed by atoms with Crippen LogP contribution in [0.25, 0.3) is 0 Å². The number of nitrogens with two attached hydrogens (primary N) is 1. The molecule has 1 unspecified atom stereocenters. The van der Waals surface area contributed by atoms with E-state index in [9.17, 15) is 0 Å². The molecule has 102 valence electrons. The van der Waals surface area contributed by atoms with E-state index in [2.05, 4.69) is 17.1 Å². The van der Waals surface area contributed by atoms with Crippen molar-refractivity contribution in [1.29, 1.82) is 0 Å². The maximum absolute atomic E-state index is 5.92. The van der Waals surface area contributed by atoms with Crippen LogP contribution in [0.15, 0.2) is 28.8 Å². The van der Waals surface area contributed by atoms with Gasteiger partial charge in [0.15, 0.2) is 6.61 Å². The third-order valence-corrected chi connectivity index (χ3v) is 2.88. The molecule has 1 heterocycles. The number of aryl methyl sites for hydroxylation is 1. The molecule has 0 fully saturated rings. The molecule has 19 heavy (non-hydrogen) atoms. The lowest BCUT2D eigenvalue weighted by Gasteiger charge is -2.09. The summed E-state index contributed by atoms with van der Waals surface area (Å²) in [6.45, 7) is 4.16. The van der Waals surface area contributed by atoms with E-state index in [4.69, 9.17) is 15.0 Å². The SMILES string of the molecule is CCC(N)Cc1ccc(OCc2noc(C)n2)cc1. The van der Waals surface area contributed by atoms with Gasteiger partial charge in [-0.3, -0.25) is 0 Å². The number of nitrogens with zero attached hydrogens (tertiary/aromatic N) is 2. The monoisotopic (exact) mass is 261 g/mol. The van der Waals surface area contributed by atoms with E-state index in [0.717, 1.165) is 18.6 Å². The third-order valence-electron chi connectivity index (χ3n) is 2.88. The minimum Gasteiger partial charge on any atom is -0.485 e. The average Bonchev–Trinajstić information content (AvgIpc) is 2.83. The Hall–Kier alpha value is -1.88. The summed E-state index contributed by atoms with van der Waals surface area (Å²) in [5.74, 6) is 1.88. The molecule has 0 aliphatic rings. The van der Waals surface area contributed by atoms with Crippen LogP contribution in [-0.2, 0) is 13.0 Å². The summed E-state index contributed by atoms with van der Waals surface area (Å²) in [5.41, 5.74) is 7.14. The van der Waals surface area contributed by atoms with Gasteiger partial charge in [-0.25, -0.2) is 0 Å². The molecule has 0 amide bonds. The minimum atomic E-state index is 0.217. The van der Waals surface area contributed by atoms with E-state index >= 15 is 0 Å². The molecule has 2 aromatic rings. The second kappa shape index (κ2) is 6.33. The number of rotatable bonds is 6. The Morgan fingerprint density at radius 2 is 2.05 bits per heavy atom. The lowest BCUT2D eigenvalue weighted by atomic mass is 10.0. The molecule has 0 radical (unpaired) electrons. The number of aromatic nitrogens is 2. The first-order valence-electron chi connectivity index (χ1n) is 6.44. The van der Waals surface area contributed by atoms with Gasteiger partial charge in [-0.1, -0.05) is 24.2 Å². The van der Waals surface area contributed by atoms with Crippen LogP contribution in [0.5, 0.6) is 5.75 Å². The number of hydrogen-bond donors (Lipinski definition) is 1. The number of benzene rings is 1. The number of hydrogen-bond acceptors (Lipinski definition) is 5. The fourth-order valence-electron chi connectivity index (χ4n) is 1.72. The summed E-state index contributed by atoms with van der Waals surface area (Å²) >= 11 is 0. The van der Waals surface area contributed by atoms with Gasteiger partial charge in [0.25, 0.3) is 0 Å². The quantitative estimate of drug-likeness (QED) is 0.863. The second-order valence-electron chi connectivity index (χ2n) is 4.53. The van der Waals surface area contributed by atoms with E-state index in [1.807, 2.05) is 24.3 Å². The Kier molecular flexibility index (Phi) is 4.52.